The summed E-state index contributed by atoms with van der Waals surface area (Å²) < 4.78 is 55.9. The van der Waals surface area contributed by atoms with Crippen LogP contribution in [0.5, 0.6) is 11.5 Å². The number of halogens is 2. The lowest BCUT2D eigenvalue weighted by atomic mass is 10.0. The van der Waals surface area contributed by atoms with Crippen molar-refractivity contribution < 1.29 is 27.1 Å². The maximum Gasteiger partial charge on any atom is 0.268 e. The van der Waals surface area contributed by atoms with E-state index in [9.17, 15) is 17.6 Å². The van der Waals surface area contributed by atoms with Crippen molar-refractivity contribution in [3.05, 3.63) is 101 Å². The molecule has 3 fully saturated rings. The molecule has 3 aliphatic heterocycles. The third kappa shape index (κ3) is 9.14. The number of carbonyl (C=O) groups excluding carboxylic acids is 1. The van der Waals surface area contributed by atoms with E-state index in [-0.39, 0.29) is 22.3 Å². The third-order valence-electron chi connectivity index (χ3n) is 11.2. The fourth-order valence-electron chi connectivity index (χ4n) is 7.99. The number of sulfonamides is 1. The third-order valence-corrected chi connectivity index (χ3v) is 12.8. The van der Waals surface area contributed by atoms with Gasteiger partial charge in [0.25, 0.3) is 15.9 Å². The van der Waals surface area contributed by atoms with Gasteiger partial charge in [-0.2, -0.15) is 0 Å². The van der Waals surface area contributed by atoms with Crippen molar-refractivity contribution in [1.29, 1.82) is 0 Å². The largest absolute Gasteiger partial charge is 0.455 e. The molecule has 3 aliphatic rings. The molecular formula is C42H47ClFN7O5S. The van der Waals surface area contributed by atoms with E-state index in [1.54, 1.807) is 42.7 Å². The van der Waals surface area contributed by atoms with Crippen LogP contribution in [0.25, 0.3) is 11.0 Å². The van der Waals surface area contributed by atoms with Crippen LogP contribution in [0.3, 0.4) is 0 Å². The molecule has 3 aromatic carbocycles. The molecule has 1 amide bonds. The summed E-state index contributed by atoms with van der Waals surface area (Å²) in [7, 11) is -4.23. The van der Waals surface area contributed by atoms with Gasteiger partial charge in [0.2, 0.25) is 0 Å². The number of anilines is 3. The number of fused-ring (bicyclic) bond motifs is 1. The van der Waals surface area contributed by atoms with E-state index >= 15 is 0 Å². The zero-order chi connectivity index (χ0) is 39.5. The summed E-state index contributed by atoms with van der Waals surface area (Å²) in [6.07, 6.45) is 4.90. The van der Waals surface area contributed by atoms with Crippen molar-refractivity contribution in [3.8, 4) is 11.5 Å². The van der Waals surface area contributed by atoms with E-state index in [2.05, 4.69) is 34.7 Å². The standard InChI is InChI=1S/C42H47ClFN7O5S/c1-28-20-37(7-9-39(28)46-24-29-11-18-55-19-12-29)57(53,54)48-42(52)38-8-6-34(23-40(38)56-36-21-30-10-13-45-41(30)47-25-36)50-16-14-49(15-17-50)27-35-22-32(44)26-51(35)33-4-2-31(43)3-5-33/h2-10,13,20-21,23,25,29,32,35,46H,11-12,14-19,22,24,26-27H2,1H3,(H,45,47)(H,48,52)/t32?,35-/m0/s1. The Bertz CT molecular complexity index is 2310. The van der Waals surface area contributed by atoms with Crippen LogP contribution in [0.1, 0.15) is 35.2 Å². The van der Waals surface area contributed by atoms with Crippen LogP contribution in [-0.2, 0) is 14.8 Å². The summed E-state index contributed by atoms with van der Waals surface area (Å²) in [6.45, 7) is 8.15. The van der Waals surface area contributed by atoms with Crippen LogP contribution in [0.4, 0.5) is 21.5 Å². The number of hydrogen-bond donors (Lipinski definition) is 3. The van der Waals surface area contributed by atoms with Crippen molar-refractivity contribution in [1.82, 2.24) is 19.6 Å². The summed E-state index contributed by atoms with van der Waals surface area (Å²) in [6, 6.07) is 21.3. The maximum atomic E-state index is 14.7. The van der Waals surface area contributed by atoms with E-state index in [4.69, 9.17) is 21.1 Å². The van der Waals surface area contributed by atoms with Crippen molar-refractivity contribution in [2.75, 3.05) is 74.1 Å². The van der Waals surface area contributed by atoms with E-state index in [0.717, 1.165) is 80.2 Å². The molecule has 5 aromatic rings. The van der Waals surface area contributed by atoms with E-state index in [1.165, 1.54) is 6.07 Å². The molecule has 3 saturated heterocycles. The normalized spacial score (nSPS) is 19.6. The Morgan fingerprint density at radius 2 is 1.77 bits per heavy atom. The first-order valence-electron chi connectivity index (χ1n) is 19.5. The van der Waals surface area contributed by atoms with Gasteiger partial charge in [0.15, 0.2) is 0 Å². The monoisotopic (exact) mass is 815 g/mol. The van der Waals surface area contributed by atoms with E-state index < -0.39 is 22.1 Å². The summed E-state index contributed by atoms with van der Waals surface area (Å²) in [5.74, 6) is 0.273. The summed E-state index contributed by atoms with van der Waals surface area (Å²) in [5, 5.41) is 4.92. The lowest BCUT2D eigenvalue weighted by molar-refractivity contribution is 0.0699. The number of amides is 1. The quantitative estimate of drug-likeness (QED) is 0.121. The number of ether oxygens (including phenoxy) is 2. The molecule has 2 atom stereocenters. The predicted molar refractivity (Wildman–Crippen MR) is 221 cm³/mol. The Hall–Kier alpha value is -4.89. The van der Waals surface area contributed by atoms with Crippen molar-refractivity contribution in [2.45, 2.75) is 43.3 Å². The Labute approximate surface area is 337 Å². The number of rotatable bonds is 12. The lowest BCUT2D eigenvalue weighted by Gasteiger charge is -2.39. The number of hydrogen-bond acceptors (Lipinski definition) is 10. The van der Waals surface area contributed by atoms with Crippen molar-refractivity contribution in [3.63, 3.8) is 0 Å². The molecule has 0 spiro atoms. The zero-order valence-corrected chi connectivity index (χ0v) is 33.4. The number of aromatic amines is 1. The van der Waals surface area contributed by atoms with Crippen LogP contribution in [-0.4, -0.2) is 100 Å². The first-order chi connectivity index (χ1) is 27.6. The molecule has 8 rings (SSSR count). The van der Waals surface area contributed by atoms with Crippen LogP contribution in [0.2, 0.25) is 5.02 Å². The van der Waals surface area contributed by atoms with Crippen molar-refractivity contribution >= 4 is 55.6 Å². The SMILES string of the molecule is Cc1cc(S(=O)(=O)NC(=O)c2ccc(N3CCN(C[C@@H]4CC(F)CN4c4ccc(Cl)cc4)CC3)cc2Oc2cnc3[nH]ccc3c2)ccc1NCC1CCOCC1. The first-order valence-corrected chi connectivity index (χ1v) is 21.3. The number of H-pyrrole nitrogens is 1. The van der Waals surface area contributed by atoms with Crippen LogP contribution in [0.15, 0.2) is 90.1 Å². The Morgan fingerprint density at radius 3 is 2.54 bits per heavy atom. The highest BCUT2D eigenvalue weighted by Crippen LogP contribution is 2.33. The number of nitrogens with zero attached hydrogens (tertiary/aromatic N) is 4. The lowest BCUT2D eigenvalue weighted by Crippen LogP contribution is -2.50. The smallest absolute Gasteiger partial charge is 0.268 e. The van der Waals surface area contributed by atoms with Crippen molar-refractivity contribution in [2.24, 2.45) is 5.92 Å². The predicted octanol–water partition coefficient (Wildman–Crippen LogP) is 7.01. The van der Waals surface area contributed by atoms with Gasteiger partial charge in [-0.15, -0.1) is 0 Å². The molecule has 0 radical (unpaired) electrons. The molecule has 0 bridgehead atoms. The second kappa shape index (κ2) is 16.9. The molecule has 1 unspecified atom stereocenters. The molecule has 12 nitrogen and oxygen atoms in total. The van der Waals surface area contributed by atoms with Gasteiger partial charge < -0.3 is 29.6 Å². The molecular weight excluding hydrogens is 769 g/mol. The van der Waals surface area contributed by atoms with Crippen LogP contribution >= 0.6 is 11.6 Å². The minimum atomic E-state index is -4.23. The molecule has 2 aromatic heterocycles. The molecule has 300 valence electrons. The summed E-state index contributed by atoms with van der Waals surface area (Å²) in [4.78, 5) is 28.0. The zero-order valence-electron chi connectivity index (χ0n) is 31.8. The molecule has 0 saturated carbocycles. The van der Waals surface area contributed by atoms with Gasteiger partial charge in [-0.25, -0.2) is 22.5 Å². The number of pyridine rings is 1. The Kier molecular flexibility index (Phi) is 11.6. The summed E-state index contributed by atoms with van der Waals surface area (Å²) >= 11 is 6.11. The number of aromatic nitrogens is 2. The Morgan fingerprint density at radius 1 is 1.00 bits per heavy atom. The molecule has 3 N–H and O–H groups in total. The number of piperazine rings is 1. The number of aryl methyl sites for hydroxylation is 1. The molecule has 5 heterocycles. The van der Waals surface area contributed by atoms with Crippen LogP contribution in [0, 0.1) is 12.8 Å². The van der Waals surface area contributed by atoms with E-state index in [1.807, 2.05) is 43.3 Å². The number of benzene rings is 3. The highest BCUT2D eigenvalue weighted by molar-refractivity contribution is 7.90. The highest BCUT2D eigenvalue weighted by atomic mass is 35.5. The maximum absolute atomic E-state index is 14.7. The van der Waals surface area contributed by atoms with E-state index in [0.29, 0.717) is 48.4 Å². The van der Waals surface area contributed by atoms with Gasteiger partial charge in [-0.3, -0.25) is 9.69 Å². The second-order valence-corrected chi connectivity index (χ2v) is 17.2. The average molecular weight is 816 g/mol. The topological polar surface area (TPSA) is 132 Å². The van der Waals surface area contributed by atoms with Gasteiger partial charge in [-0.05, 0) is 98.0 Å². The fourth-order valence-corrected chi connectivity index (χ4v) is 9.17. The molecule has 15 heteroatoms. The average Bonchev–Trinajstić information content (AvgIpc) is 3.83. The highest BCUT2D eigenvalue weighted by Gasteiger charge is 2.34. The van der Waals surface area contributed by atoms with Gasteiger partial charge >= 0.3 is 0 Å². The van der Waals surface area contributed by atoms with Gasteiger partial charge in [-0.1, -0.05) is 11.6 Å². The van der Waals surface area contributed by atoms with Crippen LogP contribution < -0.4 is 24.6 Å². The fraction of sp³-hybridized carbons (Fsp3) is 0.381. The van der Waals surface area contributed by atoms with Gasteiger partial charge in [0.05, 0.1) is 16.7 Å². The minimum absolute atomic E-state index is 0.0139. The minimum Gasteiger partial charge on any atom is -0.455 e. The molecule has 57 heavy (non-hydrogen) atoms. The number of alkyl halides is 1. The second-order valence-electron chi connectivity index (χ2n) is 15.1. The number of carbonyl (C=O) groups is 1. The summed E-state index contributed by atoms with van der Waals surface area (Å²) in [5.41, 5.74) is 4.15. The Balaban J connectivity index is 0.968. The van der Waals surface area contributed by atoms with Gasteiger partial charge in [0.1, 0.15) is 23.3 Å². The molecule has 0 aliphatic carbocycles. The number of nitrogens with one attached hydrogen (secondary N) is 3. The van der Waals surface area contributed by atoms with Gasteiger partial charge in [0, 0.05) is 111 Å². The first kappa shape index (κ1) is 39.0.